The van der Waals surface area contributed by atoms with Gasteiger partial charge in [0.2, 0.25) is 0 Å². The number of carbonyl (C=O) groups is 1. The molecule has 0 atom stereocenters. The van der Waals surface area contributed by atoms with Crippen LogP contribution in [0.3, 0.4) is 0 Å². The van der Waals surface area contributed by atoms with Crippen LogP contribution < -0.4 is 0 Å². The number of amides is 1. The highest BCUT2D eigenvalue weighted by atomic mass is 35.5. The molecular weight excluding hydrogens is 296 g/mol. The van der Waals surface area contributed by atoms with Crippen molar-refractivity contribution >= 4 is 23.2 Å². The van der Waals surface area contributed by atoms with Crippen molar-refractivity contribution in [3.63, 3.8) is 0 Å². The molecule has 6 nitrogen and oxygen atoms in total. The van der Waals surface area contributed by atoms with Crippen LogP contribution in [-0.4, -0.2) is 40.0 Å². The monoisotopic (exact) mass is 312 g/mol. The van der Waals surface area contributed by atoms with Gasteiger partial charge in [-0.25, -0.2) is 0 Å². The van der Waals surface area contributed by atoms with Gasteiger partial charge in [-0.15, -0.1) is 0 Å². The van der Waals surface area contributed by atoms with Gasteiger partial charge in [-0.1, -0.05) is 30.5 Å². The molecule has 2 rings (SSSR count). The molecule has 21 heavy (non-hydrogen) atoms. The standard InChI is InChI=1S/C14H17ClN2O4/c15-13-11(6-3-7-12(13)17(20)21)14(19)16(8-9-18)10-4-1-2-5-10/h3,6-7,10,18H,1-2,4-5,8-9H2. The van der Waals surface area contributed by atoms with Crippen LogP contribution in [0.15, 0.2) is 18.2 Å². The van der Waals surface area contributed by atoms with E-state index in [1.807, 2.05) is 0 Å². The number of nitrogens with zero attached hydrogens (tertiary/aromatic N) is 2. The smallest absolute Gasteiger partial charge is 0.288 e. The van der Waals surface area contributed by atoms with Gasteiger partial charge in [0.25, 0.3) is 11.6 Å². The van der Waals surface area contributed by atoms with Crippen molar-refractivity contribution in [3.05, 3.63) is 38.9 Å². The number of aliphatic hydroxyl groups is 1. The molecule has 1 fully saturated rings. The van der Waals surface area contributed by atoms with Crippen LogP contribution in [0.5, 0.6) is 0 Å². The zero-order valence-electron chi connectivity index (χ0n) is 11.5. The maximum Gasteiger partial charge on any atom is 0.288 e. The molecule has 0 aromatic heterocycles. The molecule has 1 N–H and O–H groups in total. The third-order valence-electron chi connectivity index (χ3n) is 3.77. The largest absolute Gasteiger partial charge is 0.395 e. The molecule has 1 saturated carbocycles. The van der Waals surface area contributed by atoms with Crippen molar-refractivity contribution in [2.75, 3.05) is 13.2 Å². The number of rotatable bonds is 5. The Morgan fingerprint density at radius 3 is 2.67 bits per heavy atom. The van der Waals surface area contributed by atoms with E-state index < -0.39 is 4.92 Å². The van der Waals surface area contributed by atoms with Crippen LogP contribution in [0.4, 0.5) is 5.69 Å². The van der Waals surface area contributed by atoms with Crippen molar-refractivity contribution in [1.82, 2.24) is 4.90 Å². The normalized spacial score (nSPS) is 15.1. The van der Waals surface area contributed by atoms with Gasteiger partial charge in [0.1, 0.15) is 5.02 Å². The molecule has 0 saturated heterocycles. The molecule has 1 aliphatic rings. The first-order valence-corrected chi connectivity index (χ1v) is 7.28. The number of nitro groups is 1. The van der Waals surface area contributed by atoms with Gasteiger partial charge < -0.3 is 10.0 Å². The average molecular weight is 313 g/mol. The van der Waals surface area contributed by atoms with Gasteiger partial charge in [0.05, 0.1) is 17.1 Å². The molecule has 0 bridgehead atoms. The number of hydrogen-bond acceptors (Lipinski definition) is 4. The van der Waals surface area contributed by atoms with Crippen molar-refractivity contribution in [1.29, 1.82) is 0 Å². The van der Waals surface area contributed by atoms with Crippen LogP contribution in [-0.2, 0) is 0 Å². The Morgan fingerprint density at radius 2 is 2.10 bits per heavy atom. The molecule has 0 heterocycles. The fraction of sp³-hybridized carbons (Fsp3) is 0.500. The first-order chi connectivity index (χ1) is 10.1. The first-order valence-electron chi connectivity index (χ1n) is 6.91. The summed E-state index contributed by atoms with van der Waals surface area (Å²) in [6.07, 6.45) is 3.86. The van der Waals surface area contributed by atoms with E-state index in [4.69, 9.17) is 16.7 Å². The summed E-state index contributed by atoms with van der Waals surface area (Å²) in [4.78, 5) is 24.5. The molecule has 114 valence electrons. The lowest BCUT2D eigenvalue weighted by Gasteiger charge is -2.28. The number of hydrogen-bond donors (Lipinski definition) is 1. The molecule has 7 heteroatoms. The Bertz CT molecular complexity index is 544. The molecule has 1 amide bonds. The average Bonchev–Trinajstić information content (AvgIpc) is 2.98. The van der Waals surface area contributed by atoms with Gasteiger partial charge >= 0.3 is 0 Å². The summed E-state index contributed by atoms with van der Waals surface area (Å²) in [5.41, 5.74) is -0.163. The molecule has 0 spiro atoms. The third-order valence-corrected chi connectivity index (χ3v) is 4.17. The fourth-order valence-electron chi connectivity index (χ4n) is 2.75. The topological polar surface area (TPSA) is 83.7 Å². The van der Waals surface area contributed by atoms with Crippen LogP contribution in [0.25, 0.3) is 0 Å². The summed E-state index contributed by atoms with van der Waals surface area (Å²) in [6, 6.07) is 4.27. The predicted octanol–water partition coefficient (Wildman–Crippen LogP) is 2.63. The Balaban J connectivity index is 2.32. The first kappa shape index (κ1) is 15.7. The van der Waals surface area contributed by atoms with E-state index >= 15 is 0 Å². The molecule has 0 aliphatic heterocycles. The summed E-state index contributed by atoms with van der Waals surface area (Å²) in [7, 11) is 0. The molecular formula is C14H17ClN2O4. The second-order valence-corrected chi connectivity index (χ2v) is 5.43. The summed E-state index contributed by atoms with van der Waals surface area (Å²) in [5.74, 6) is -0.357. The fourth-order valence-corrected chi connectivity index (χ4v) is 3.03. The minimum Gasteiger partial charge on any atom is -0.395 e. The molecule has 1 aromatic carbocycles. The molecule has 1 aliphatic carbocycles. The van der Waals surface area contributed by atoms with Crippen LogP contribution in [0.2, 0.25) is 5.02 Å². The van der Waals surface area contributed by atoms with Crippen LogP contribution in [0, 0.1) is 10.1 Å². The van der Waals surface area contributed by atoms with Gasteiger partial charge in [-0.3, -0.25) is 14.9 Å². The predicted molar refractivity (Wildman–Crippen MR) is 78.5 cm³/mol. The second kappa shape index (κ2) is 6.87. The van der Waals surface area contributed by atoms with E-state index in [9.17, 15) is 14.9 Å². The van der Waals surface area contributed by atoms with E-state index in [-0.39, 0.29) is 41.4 Å². The van der Waals surface area contributed by atoms with E-state index in [0.717, 1.165) is 25.7 Å². The zero-order valence-corrected chi connectivity index (χ0v) is 12.3. The van der Waals surface area contributed by atoms with Gasteiger partial charge in [-0.05, 0) is 18.9 Å². The van der Waals surface area contributed by atoms with Gasteiger partial charge in [0, 0.05) is 18.7 Å². The number of carbonyl (C=O) groups excluding carboxylic acids is 1. The lowest BCUT2D eigenvalue weighted by atomic mass is 10.1. The minimum absolute atomic E-state index is 0.0694. The van der Waals surface area contributed by atoms with E-state index in [1.165, 1.54) is 18.2 Å². The number of halogens is 1. The van der Waals surface area contributed by atoms with Crippen LogP contribution >= 0.6 is 11.6 Å². The van der Waals surface area contributed by atoms with Crippen molar-refractivity contribution in [3.8, 4) is 0 Å². The lowest BCUT2D eigenvalue weighted by molar-refractivity contribution is -0.384. The Labute approximate surface area is 127 Å². The summed E-state index contributed by atoms with van der Waals surface area (Å²) in [5, 5.41) is 19.9. The van der Waals surface area contributed by atoms with Gasteiger partial charge in [0.15, 0.2) is 0 Å². The lowest BCUT2D eigenvalue weighted by Crippen LogP contribution is -2.40. The maximum absolute atomic E-state index is 12.6. The van der Waals surface area contributed by atoms with Crippen molar-refractivity contribution in [2.45, 2.75) is 31.7 Å². The van der Waals surface area contributed by atoms with Crippen molar-refractivity contribution in [2.24, 2.45) is 0 Å². The van der Waals surface area contributed by atoms with Crippen LogP contribution in [0.1, 0.15) is 36.0 Å². The highest BCUT2D eigenvalue weighted by molar-refractivity contribution is 6.35. The molecule has 0 radical (unpaired) electrons. The van der Waals surface area contributed by atoms with E-state index in [2.05, 4.69) is 0 Å². The number of nitro benzene ring substituents is 1. The highest BCUT2D eigenvalue weighted by Crippen LogP contribution is 2.31. The summed E-state index contributed by atoms with van der Waals surface area (Å²) >= 11 is 6.00. The summed E-state index contributed by atoms with van der Waals surface area (Å²) in [6.45, 7) is 0.0668. The summed E-state index contributed by atoms with van der Waals surface area (Å²) < 4.78 is 0. The van der Waals surface area contributed by atoms with Crippen molar-refractivity contribution < 1.29 is 14.8 Å². The SMILES string of the molecule is O=C(c1cccc([N+](=O)[O-])c1Cl)N(CCO)C1CCCC1. The van der Waals surface area contributed by atoms with Gasteiger partial charge in [-0.2, -0.15) is 0 Å². The van der Waals surface area contributed by atoms with E-state index in [0.29, 0.717) is 0 Å². The van der Waals surface area contributed by atoms with E-state index in [1.54, 1.807) is 4.90 Å². The number of benzene rings is 1. The Hall–Kier alpha value is -1.66. The zero-order chi connectivity index (χ0) is 15.4. The number of aliphatic hydroxyl groups excluding tert-OH is 1. The Morgan fingerprint density at radius 1 is 1.43 bits per heavy atom. The maximum atomic E-state index is 12.6. The highest BCUT2D eigenvalue weighted by Gasteiger charge is 2.29. The second-order valence-electron chi connectivity index (χ2n) is 5.06. The minimum atomic E-state index is -0.606. The Kier molecular flexibility index (Phi) is 5.14. The third kappa shape index (κ3) is 3.33. The quantitative estimate of drug-likeness (QED) is 0.669. The molecule has 1 aromatic rings. The molecule has 0 unspecified atom stereocenters.